The van der Waals surface area contributed by atoms with Crippen LogP contribution >= 0.6 is 0 Å². The maximum absolute atomic E-state index is 13.7. The molecule has 0 spiro atoms. The highest BCUT2D eigenvalue weighted by atomic mass is 19.1. The number of hydrogen-bond acceptors (Lipinski definition) is 3. The highest BCUT2D eigenvalue weighted by Gasteiger charge is 2.24. The van der Waals surface area contributed by atoms with Gasteiger partial charge in [0.1, 0.15) is 5.69 Å². The van der Waals surface area contributed by atoms with Gasteiger partial charge in [-0.15, -0.1) is 0 Å². The Morgan fingerprint density at radius 2 is 2.06 bits per heavy atom. The smallest absolute Gasteiger partial charge is 0.151 e. The Kier molecular flexibility index (Phi) is 3.47. The van der Waals surface area contributed by atoms with Gasteiger partial charge in [-0.2, -0.15) is 0 Å². The molecule has 17 heavy (non-hydrogen) atoms. The summed E-state index contributed by atoms with van der Waals surface area (Å²) in [7, 11) is 0. The molecule has 2 N–H and O–H groups in total. The summed E-state index contributed by atoms with van der Waals surface area (Å²) in [6, 6.07) is 2.30. The largest absolute Gasteiger partial charge is 0.399 e. The normalized spacial score (nSPS) is 20.6. The van der Waals surface area contributed by atoms with Crippen LogP contribution in [0.15, 0.2) is 12.1 Å². The summed E-state index contributed by atoms with van der Waals surface area (Å²) < 4.78 is 32.9. The molecule has 1 aromatic rings. The standard InChI is InChI=1S/C12H16F2N2O/c1-2-9-7-16(3-4-17-9)12-10(13)5-8(15)6-11(12)14/h5-6,9H,2-4,7,15H2,1H3. The summed E-state index contributed by atoms with van der Waals surface area (Å²) in [5.74, 6) is -1.22. The van der Waals surface area contributed by atoms with Crippen LogP contribution in [0.4, 0.5) is 20.2 Å². The van der Waals surface area contributed by atoms with Crippen molar-refractivity contribution in [3.63, 3.8) is 0 Å². The highest BCUT2D eigenvalue weighted by Crippen LogP contribution is 2.27. The van der Waals surface area contributed by atoms with Gasteiger partial charge in [0, 0.05) is 18.8 Å². The predicted octanol–water partition coefficient (Wildman–Crippen LogP) is 2.16. The van der Waals surface area contributed by atoms with Crippen LogP contribution in [0.1, 0.15) is 13.3 Å². The second kappa shape index (κ2) is 4.87. The van der Waals surface area contributed by atoms with Crippen LogP contribution in [0.25, 0.3) is 0 Å². The van der Waals surface area contributed by atoms with E-state index in [2.05, 4.69) is 0 Å². The average Bonchev–Trinajstić information content (AvgIpc) is 2.28. The molecule has 0 radical (unpaired) electrons. The number of nitrogens with zero attached hydrogens (tertiary/aromatic N) is 1. The Morgan fingerprint density at radius 1 is 1.41 bits per heavy atom. The lowest BCUT2D eigenvalue weighted by atomic mass is 10.1. The number of benzene rings is 1. The minimum absolute atomic E-state index is 0.000880. The molecule has 1 aliphatic rings. The molecule has 1 unspecified atom stereocenters. The molecule has 1 atom stereocenters. The molecule has 0 aromatic heterocycles. The SMILES string of the molecule is CCC1CN(c2c(F)cc(N)cc2F)CCO1. The fourth-order valence-electron chi connectivity index (χ4n) is 2.06. The van der Waals surface area contributed by atoms with Gasteiger partial charge in [-0.3, -0.25) is 0 Å². The molecule has 5 heteroatoms. The Bertz CT molecular complexity index is 388. The molecule has 0 amide bonds. The molecule has 1 fully saturated rings. The summed E-state index contributed by atoms with van der Waals surface area (Å²) in [5.41, 5.74) is 5.49. The third-order valence-electron chi connectivity index (χ3n) is 2.95. The molecular weight excluding hydrogens is 226 g/mol. The Balaban J connectivity index is 2.27. The second-order valence-electron chi connectivity index (χ2n) is 4.18. The van der Waals surface area contributed by atoms with E-state index in [0.717, 1.165) is 18.6 Å². The molecule has 1 aliphatic heterocycles. The maximum atomic E-state index is 13.7. The monoisotopic (exact) mass is 242 g/mol. The van der Waals surface area contributed by atoms with Gasteiger partial charge in [-0.1, -0.05) is 6.92 Å². The van der Waals surface area contributed by atoms with Gasteiger partial charge in [-0.25, -0.2) is 8.78 Å². The van der Waals surface area contributed by atoms with Crippen LogP contribution in [0.3, 0.4) is 0 Å². The first-order chi connectivity index (χ1) is 8.11. The van der Waals surface area contributed by atoms with Gasteiger partial charge in [0.2, 0.25) is 0 Å². The van der Waals surface area contributed by atoms with Crippen LogP contribution in [-0.4, -0.2) is 25.8 Å². The average molecular weight is 242 g/mol. The first-order valence-corrected chi connectivity index (χ1v) is 5.73. The molecule has 0 bridgehead atoms. The molecule has 0 saturated carbocycles. The summed E-state index contributed by atoms with van der Waals surface area (Å²) in [6.07, 6.45) is 0.856. The Hall–Kier alpha value is -1.36. The summed E-state index contributed by atoms with van der Waals surface area (Å²) in [6.45, 7) is 3.48. The van der Waals surface area contributed by atoms with Crippen molar-refractivity contribution in [2.45, 2.75) is 19.4 Å². The van der Waals surface area contributed by atoms with Gasteiger partial charge in [-0.05, 0) is 18.6 Å². The van der Waals surface area contributed by atoms with Crippen molar-refractivity contribution in [2.24, 2.45) is 0 Å². The molecule has 0 aliphatic carbocycles. The lowest BCUT2D eigenvalue weighted by Gasteiger charge is -2.34. The van der Waals surface area contributed by atoms with Crippen molar-refractivity contribution in [3.8, 4) is 0 Å². The first-order valence-electron chi connectivity index (χ1n) is 5.73. The van der Waals surface area contributed by atoms with Crippen molar-refractivity contribution in [2.75, 3.05) is 30.3 Å². The maximum Gasteiger partial charge on any atom is 0.151 e. The number of ether oxygens (including phenoxy) is 1. The molecule has 3 nitrogen and oxygen atoms in total. The molecule has 1 aromatic carbocycles. The van der Waals surface area contributed by atoms with E-state index in [-0.39, 0.29) is 17.5 Å². The van der Waals surface area contributed by atoms with Gasteiger partial charge in [0.15, 0.2) is 11.6 Å². The van der Waals surface area contributed by atoms with Crippen molar-refractivity contribution in [3.05, 3.63) is 23.8 Å². The summed E-state index contributed by atoms with van der Waals surface area (Å²) >= 11 is 0. The third kappa shape index (κ3) is 2.49. The summed E-state index contributed by atoms with van der Waals surface area (Å²) in [5, 5.41) is 0. The number of nitrogen functional groups attached to an aromatic ring is 1. The molecular formula is C12H16F2N2O. The zero-order chi connectivity index (χ0) is 12.4. The number of hydrogen-bond donors (Lipinski definition) is 1. The van der Waals surface area contributed by atoms with Crippen LogP contribution < -0.4 is 10.6 Å². The lowest BCUT2D eigenvalue weighted by molar-refractivity contribution is 0.0380. The third-order valence-corrected chi connectivity index (χ3v) is 2.95. The quantitative estimate of drug-likeness (QED) is 0.808. The topological polar surface area (TPSA) is 38.5 Å². The van der Waals surface area contributed by atoms with E-state index in [1.807, 2.05) is 6.92 Å². The van der Waals surface area contributed by atoms with E-state index in [9.17, 15) is 8.78 Å². The van der Waals surface area contributed by atoms with Gasteiger partial charge in [0.25, 0.3) is 0 Å². The second-order valence-corrected chi connectivity index (χ2v) is 4.18. The van der Waals surface area contributed by atoms with Gasteiger partial charge >= 0.3 is 0 Å². The fraction of sp³-hybridized carbons (Fsp3) is 0.500. The highest BCUT2D eigenvalue weighted by molar-refractivity contribution is 5.56. The number of anilines is 2. The van der Waals surface area contributed by atoms with Gasteiger partial charge in [0.05, 0.1) is 12.7 Å². The molecule has 1 heterocycles. The van der Waals surface area contributed by atoms with Crippen molar-refractivity contribution in [1.29, 1.82) is 0 Å². The number of morpholine rings is 1. The predicted molar refractivity (Wildman–Crippen MR) is 63.0 cm³/mol. The molecule has 1 saturated heterocycles. The first kappa shape index (κ1) is 12.1. The zero-order valence-corrected chi connectivity index (χ0v) is 9.75. The molecule has 2 rings (SSSR count). The van der Waals surface area contributed by atoms with Crippen LogP contribution in [-0.2, 0) is 4.74 Å². The van der Waals surface area contributed by atoms with Crippen molar-refractivity contribution < 1.29 is 13.5 Å². The number of halogens is 2. The number of nitrogens with two attached hydrogens (primary N) is 1. The van der Waals surface area contributed by atoms with Crippen molar-refractivity contribution >= 4 is 11.4 Å². The van der Waals surface area contributed by atoms with E-state index in [0.29, 0.717) is 19.7 Å². The zero-order valence-electron chi connectivity index (χ0n) is 9.75. The lowest BCUT2D eigenvalue weighted by Crippen LogP contribution is -2.43. The Morgan fingerprint density at radius 3 is 2.65 bits per heavy atom. The van der Waals surface area contributed by atoms with E-state index in [1.165, 1.54) is 0 Å². The minimum Gasteiger partial charge on any atom is -0.399 e. The van der Waals surface area contributed by atoms with Gasteiger partial charge < -0.3 is 15.4 Å². The van der Waals surface area contributed by atoms with E-state index >= 15 is 0 Å². The minimum atomic E-state index is -0.612. The number of rotatable bonds is 2. The van der Waals surface area contributed by atoms with Crippen LogP contribution in [0.2, 0.25) is 0 Å². The van der Waals surface area contributed by atoms with E-state index in [1.54, 1.807) is 4.90 Å². The Labute approximate surface area is 99.2 Å². The van der Waals surface area contributed by atoms with Crippen LogP contribution in [0.5, 0.6) is 0 Å². The van der Waals surface area contributed by atoms with E-state index in [4.69, 9.17) is 10.5 Å². The molecule has 94 valence electrons. The van der Waals surface area contributed by atoms with Crippen LogP contribution in [0, 0.1) is 11.6 Å². The summed E-state index contributed by atoms with van der Waals surface area (Å²) in [4.78, 5) is 1.68. The van der Waals surface area contributed by atoms with E-state index < -0.39 is 11.6 Å². The van der Waals surface area contributed by atoms with Crippen molar-refractivity contribution in [1.82, 2.24) is 0 Å². The fourth-order valence-corrected chi connectivity index (χ4v) is 2.06.